The molecular formula is C19H15NO2S. The number of aromatic hydroxyl groups is 1. The third kappa shape index (κ3) is 2.14. The molecule has 0 aliphatic rings. The molecule has 4 rings (SSSR count). The standard InChI is InChI=1S/C19H15NO2S/c1-2-13-16-14-10-12(21)8-9-15(14)20-19(22)18(16)23-17(13)11-6-4-3-5-7-11/h3-10,21H,2H2,1H3,(H,20,22). The highest BCUT2D eigenvalue weighted by molar-refractivity contribution is 7.22. The van der Waals surface area contributed by atoms with E-state index < -0.39 is 0 Å². The number of thiophene rings is 1. The zero-order valence-electron chi connectivity index (χ0n) is 12.6. The molecule has 0 fully saturated rings. The molecule has 3 nitrogen and oxygen atoms in total. The molecule has 0 saturated heterocycles. The minimum atomic E-state index is -0.0694. The number of aromatic nitrogens is 1. The van der Waals surface area contributed by atoms with Gasteiger partial charge < -0.3 is 10.1 Å². The lowest BCUT2D eigenvalue weighted by molar-refractivity contribution is 0.476. The average Bonchev–Trinajstić information content (AvgIpc) is 2.97. The molecular weight excluding hydrogens is 306 g/mol. The minimum Gasteiger partial charge on any atom is -0.508 e. The van der Waals surface area contributed by atoms with Gasteiger partial charge in [-0.25, -0.2) is 0 Å². The largest absolute Gasteiger partial charge is 0.508 e. The van der Waals surface area contributed by atoms with Gasteiger partial charge in [0.25, 0.3) is 5.56 Å². The summed E-state index contributed by atoms with van der Waals surface area (Å²) < 4.78 is 0.721. The van der Waals surface area contributed by atoms with E-state index in [0.717, 1.165) is 43.4 Å². The van der Waals surface area contributed by atoms with E-state index in [9.17, 15) is 9.90 Å². The van der Waals surface area contributed by atoms with Crippen LogP contribution in [0.3, 0.4) is 0 Å². The molecule has 2 aromatic carbocycles. The maximum Gasteiger partial charge on any atom is 0.266 e. The zero-order chi connectivity index (χ0) is 16.0. The fourth-order valence-corrected chi connectivity index (χ4v) is 4.40. The Bertz CT molecular complexity index is 1080. The van der Waals surface area contributed by atoms with Crippen molar-refractivity contribution in [3.8, 4) is 16.2 Å². The molecule has 4 heteroatoms. The Kier molecular flexibility index (Phi) is 3.20. The molecule has 2 aromatic heterocycles. The summed E-state index contributed by atoms with van der Waals surface area (Å²) in [6.45, 7) is 2.10. The molecule has 23 heavy (non-hydrogen) atoms. The lowest BCUT2D eigenvalue weighted by Crippen LogP contribution is -2.04. The van der Waals surface area contributed by atoms with Crippen molar-refractivity contribution in [2.45, 2.75) is 13.3 Å². The number of H-pyrrole nitrogens is 1. The van der Waals surface area contributed by atoms with Crippen molar-refractivity contribution >= 4 is 32.3 Å². The van der Waals surface area contributed by atoms with Gasteiger partial charge in [0.15, 0.2) is 0 Å². The van der Waals surface area contributed by atoms with Crippen LogP contribution < -0.4 is 5.56 Å². The Morgan fingerprint density at radius 3 is 2.65 bits per heavy atom. The molecule has 114 valence electrons. The van der Waals surface area contributed by atoms with E-state index in [1.165, 1.54) is 11.3 Å². The van der Waals surface area contributed by atoms with Crippen molar-refractivity contribution < 1.29 is 5.11 Å². The van der Waals surface area contributed by atoms with Gasteiger partial charge in [-0.2, -0.15) is 0 Å². The van der Waals surface area contributed by atoms with Crippen LogP contribution >= 0.6 is 11.3 Å². The number of phenolic OH excluding ortho intramolecular Hbond substituents is 1. The van der Waals surface area contributed by atoms with E-state index in [-0.39, 0.29) is 11.3 Å². The van der Waals surface area contributed by atoms with Crippen molar-refractivity contribution in [3.63, 3.8) is 0 Å². The van der Waals surface area contributed by atoms with Crippen molar-refractivity contribution in [2.24, 2.45) is 0 Å². The summed E-state index contributed by atoms with van der Waals surface area (Å²) >= 11 is 1.52. The number of benzene rings is 2. The van der Waals surface area contributed by atoms with E-state index in [2.05, 4.69) is 24.0 Å². The van der Waals surface area contributed by atoms with E-state index in [1.54, 1.807) is 18.2 Å². The second-order valence-corrected chi connectivity index (χ2v) is 6.54. The first kappa shape index (κ1) is 14.0. The monoisotopic (exact) mass is 321 g/mol. The number of aryl methyl sites for hydroxylation is 1. The molecule has 0 bridgehead atoms. The van der Waals surface area contributed by atoms with Gasteiger partial charge in [-0.15, -0.1) is 11.3 Å². The van der Waals surface area contributed by atoms with Gasteiger partial charge in [-0.3, -0.25) is 4.79 Å². The smallest absolute Gasteiger partial charge is 0.266 e. The molecule has 2 N–H and O–H groups in total. The molecule has 0 spiro atoms. The average molecular weight is 321 g/mol. The maximum absolute atomic E-state index is 12.5. The van der Waals surface area contributed by atoms with Crippen molar-refractivity contribution in [1.29, 1.82) is 0 Å². The van der Waals surface area contributed by atoms with E-state index >= 15 is 0 Å². The normalized spacial score (nSPS) is 11.3. The zero-order valence-corrected chi connectivity index (χ0v) is 13.4. The predicted molar refractivity (Wildman–Crippen MR) is 96.4 cm³/mol. The van der Waals surface area contributed by atoms with Crippen LogP contribution in [0.25, 0.3) is 31.4 Å². The first-order chi connectivity index (χ1) is 11.2. The highest BCUT2D eigenvalue weighted by atomic mass is 32.1. The number of pyridine rings is 1. The highest BCUT2D eigenvalue weighted by Crippen LogP contribution is 2.40. The molecule has 0 saturated carbocycles. The van der Waals surface area contributed by atoms with Gasteiger partial charge in [0.2, 0.25) is 0 Å². The molecule has 0 radical (unpaired) electrons. The quantitative estimate of drug-likeness (QED) is 0.563. The number of fused-ring (bicyclic) bond motifs is 3. The van der Waals surface area contributed by atoms with Gasteiger partial charge in [0, 0.05) is 21.2 Å². The van der Waals surface area contributed by atoms with Gasteiger partial charge in [-0.05, 0) is 35.7 Å². The summed E-state index contributed by atoms with van der Waals surface area (Å²) in [7, 11) is 0. The van der Waals surface area contributed by atoms with Crippen molar-refractivity contribution in [3.05, 3.63) is 64.4 Å². The van der Waals surface area contributed by atoms with Gasteiger partial charge in [0.1, 0.15) is 10.4 Å². The molecule has 2 heterocycles. The summed E-state index contributed by atoms with van der Waals surface area (Å²) in [6, 6.07) is 15.2. The van der Waals surface area contributed by atoms with Crippen molar-refractivity contribution in [2.75, 3.05) is 0 Å². The lowest BCUT2D eigenvalue weighted by Gasteiger charge is -2.05. The SMILES string of the molecule is CCc1c(-c2ccccc2)sc2c(=O)[nH]c3ccc(O)cc3c12. The summed E-state index contributed by atoms with van der Waals surface area (Å²) in [5, 5.41) is 11.7. The fourth-order valence-electron chi connectivity index (χ4n) is 3.10. The number of rotatable bonds is 2. The Balaban J connectivity index is 2.20. The first-order valence-electron chi connectivity index (χ1n) is 7.55. The van der Waals surface area contributed by atoms with E-state index in [0.29, 0.717) is 0 Å². The predicted octanol–water partition coefficient (Wildman–Crippen LogP) is 4.68. The van der Waals surface area contributed by atoms with Crippen LogP contribution in [-0.2, 0) is 6.42 Å². The van der Waals surface area contributed by atoms with Crippen LogP contribution in [0, 0.1) is 0 Å². The molecule has 0 aliphatic carbocycles. The lowest BCUT2D eigenvalue weighted by atomic mass is 10.0. The number of hydrogen-bond acceptors (Lipinski definition) is 3. The van der Waals surface area contributed by atoms with Crippen LogP contribution in [0.1, 0.15) is 12.5 Å². The van der Waals surface area contributed by atoms with Crippen LogP contribution in [-0.4, -0.2) is 10.1 Å². The summed E-state index contributed by atoms with van der Waals surface area (Å²) in [6.07, 6.45) is 0.832. The molecule has 0 unspecified atom stereocenters. The van der Waals surface area contributed by atoms with Gasteiger partial charge in [0.05, 0.1) is 0 Å². The Labute approximate surface area is 136 Å². The van der Waals surface area contributed by atoms with Crippen LogP contribution in [0.4, 0.5) is 0 Å². The third-order valence-corrected chi connectivity index (χ3v) is 5.40. The summed E-state index contributed by atoms with van der Waals surface area (Å²) in [5.41, 5.74) is 2.98. The van der Waals surface area contributed by atoms with E-state index in [1.807, 2.05) is 18.2 Å². The third-order valence-electron chi connectivity index (χ3n) is 4.12. The van der Waals surface area contributed by atoms with Crippen LogP contribution in [0.5, 0.6) is 5.75 Å². The molecule has 0 atom stereocenters. The number of phenols is 1. The number of aromatic amines is 1. The summed E-state index contributed by atoms with van der Waals surface area (Å²) in [4.78, 5) is 16.5. The van der Waals surface area contributed by atoms with Gasteiger partial charge >= 0.3 is 0 Å². The first-order valence-corrected chi connectivity index (χ1v) is 8.36. The number of nitrogens with one attached hydrogen (secondary N) is 1. The number of hydrogen-bond donors (Lipinski definition) is 2. The fraction of sp³-hybridized carbons (Fsp3) is 0.105. The molecule has 0 aliphatic heterocycles. The van der Waals surface area contributed by atoms with Crippen LogP contribution in [0.15, 0.2) is 53.3 Å². The van der Waals surface area contributed by atoms with E-state index in [4.69, 9.17) is 0 Å². The highest BCUT2D eigenvalue weighted by Gasteiger charge is 2.17. The van der Waals surface area contributed by atoms with Crippen molar-refractivity contribution in [1.82, 2.24) is 4.98 Å². The van der Waals surface area contributed by atoms with Crippen LogP contribution in [0.2, 0.25) is 0 Å². The minimum absolute atomic E-state index is 0.0694. The maximum atomic E-state index is 12.5. The Morgan fingerprint density at radius 1 is 1.13 bits per heavy atom. The second kappa shape index (κ2) is 5.25. The Hall–Kier alpha value is -2.59. The molecule has 0 amide bonds. The van der Waals surface area contributed by atoms with Gasteiger partial charge in [-0.1, -0.05) is 37.3 Å². The second-order valence-electron chi connectivity index (χ2n) is 5.52. The molecule has 4 aromatic rings. The summed E-state index contributed by atoms with van der Waals surface area (Å²) in [5.74, 6) is 0.209. The topological polar surface area (TPSA) is 53.1 Å². The Morgan fingerprint density at radius 2 is 1.91 bits per heavy atom.